The lowest BCUT2D eigenvalue weighted by Gasteiger charge is -2.02. The van der Waals surface area contributed by atoms with E-state index in [1.165, 1.54) is 64.2 Å². The van der Waals surface area contributed by atoms with E-state index in [-0.39, 0.29) is 6.61 Å². The topological polar surface area (TPSA) is 81.5 Å². The van der Waals surface area contributed by atoms with Gasteiger partial charge < -0.3 is 0 Å². The van der Waals surface area contributed by atoms with Crippen LogP contribution in [0, 0.1) is 0 Å². The average Bonchev–Trinajstić information content (AvgIpc) is 2.47. The molecule has 0 aromatic rings. The molecule has 21 heavy (non-hydrogen) atoms. The number of hydrogen-bond donors (Lipinski definition) is 1. The summed E-state index contributed by atoms with van der Waals surface area (Å²) in [6, 6.07) is 0. The Morgan fingerprint density at radius 1 is 0.762 bits per heavy atom. The zero-order valence-electron chi connectivity index (χ0n) is 13.5. The predicted molar refractivity (Wildman–Crippen MR) is 85.7 cm³/mol. The molecule has 0 rings (SSSR count). The van der Waals surface area contributed by atoms with E-state index < -0.39 is 10.8 Å². The van der Waals surface area contributed by atoms with Crippen molar-refractivity contribution in [2.45, 2.75) is 90.4 Å². The van der Waals surface area contributed by atoms with Gasteiger partial charge in [0.15, 0.2) is 0 Å². The highest BCUT2D eigenvalue weighted by Crippen LogP contribution is 2.13. The van der Waals surface area contributed by atoms with E-state index in [4.69, 9.17) is 0 Å². The second-order valence-electron chi connectivity index (χ2n) is 5.57. The molecule has 127 valence electrons. The van der Waals surface area contributed by atoms with Crippen LogP contribution in [0.1, 0.15) is 90.4 Å². The Kier molecular flexibility index (Phi) is 14.9. The van der Waals surface area contributed by atoms with Crippen LogP contribution in [0.4, 0.5) is 0 Å². The van der Waals surface area contributed by atoms with Crippen LogP contribution >= 0.6 is 0 Å². The highest BCUT2D eigenvalue weighted by molar-refractivity contribution is 7.88. The van der Waals surface area contributed by atoms with E-state index in [9.17, 15) is 8.76 Å². The van der Waals surface area contributed by atoms with Gasteiger partial charge in [0.2, 0.25) is 0 Å². The van der Waals surface area contributed by atoms with Gasteiger partial charge in [0.05, 0.1) is 0 Å². The quantitative estimate of drug-likeness (QED) is 0.254. The monoisotopic (exact) mass is 323 g/mol. The lowest BCUT2D eigenvalue weighted by molar-refractivity contribution is 0.152. The fraction of sp³-hybridized carbons (Fsp3) is 1.00. The first-order valence-electron chi connectivity index (χ1n) is 8.40. The molecule has 0 saturated heterocycles. The SMILES string of the molecule is CCCCCCCCCCCCCCCO[S+]([O])(=O)ON. The lowest BCUT2D eigenvalue weighted by Crippen LogP contribution is -2.20. The van der Waals surface area contributed by atoms with Gasteiger partial charge >= 0.3 is 10.8 Å². The van der Waals surface area contributed by atoms with E-state index >= 15 is 0 Å². The maximum Gasteiger partial charge on any atom is 0.564 e. The number of rotatable bonds is 16. The standard InChI is InChI=1S/C15H33NO4S/c1-2-3-4-5-6-7-8-9-10-11-12-13-14-15-19-21(17,18)20-16/h2-16H2,1H3/q+1. The van der Waals surface area contributed by atoms with Crippen LogP contribution in [-0.2, 0) is 28.0 Å². The molecule has 0 aliphatic carbocycles. The molecule has 0 fully saturated rings. The summed E-state index contributed by atoms with van der Waals surface area (Å²) < 4.78 is 29.7. The smallest absolute Gasteiger partial charge is 0.158 e. The lowest BCUT2D eigenvalue weighted by atomic mass is 10.0. The van der Waals surface area contributed by atoms with Gasteiger partial charge in [-0.3, -0.25) is 0 Å². The van der Waals surface area contributed by atoms with Crippen LogP contribution in [0.25, 0.3) is 0 Å². The summed E-state index contributed by atoms with van der Waals surface area (Å²) in [6.07, 6.45) is 16.2. The molecule has 0 saturated carbocycles. The van der Waals surface area contributed by atoms with Crippen LogP contribution in [-0.4, -0.2) is 6.61 Å². The molecule has 0 aliphatic rings. The Hall–Kier alpha value is -0.0100. The minimum Gasteiger partial charge on any atom is -0.158 e. The Bertz CT molecular complexity index is 264. The second-order valence-corrected chi connectivity index (χ2v) is 6.81. The Morgan fingerprint density at radius 3 is 1.52 bits per heavy atom. The molecular formula is C15H33NO4S+. The van der Waals surface area contributed by atoms with Gasteiger partial charge in [-0.1, -0.05) is 84.0 Å². The molecule has 0 aromatic carbocycles. The van der Waals surface area contributed by atoms with Crippen molar-refractivity contribution in [2.24, 2.45) is 5.90 Å². The van der Waals surface area contributed by atoms with Gasteiger partial charge in [0, 0.05) is 4.21 Å². The predicted octanol–water partition coefficient (Wildman–Crippen LogP) is 4.66. The summed E-state index contributed by atoms with van der Waals surface area (Å²) in [7, 11) is -3.96. The van der Waals surface area contributed by atoms with Crippen LogP contribution in [0.15, 0.2) is 0 Å². The van der Waals surface area contributed by atoms with E-state index in [0.717, 1.165) is 19.3 Å². The summed E-state index contributed by atoms with van der Waals surface area (Å²) in [5, 5.41) is 0. The highest BCUT2D eigenvalue weighted by atomic mass is 32.3. The number of unbranched alkanes of at least 4 members (excludes halogenated alkanes) is 12. The molecule has 2 N–H and O–H groups in total. The molecular weight excluding hydrogens is 290 g/mol. The van der Waals surface area contributed by atoms with Gasteiger partial charge in [0.1, 0.15) is 11.2 Å². The molecule has 0 spiro atoms. The number of nitrogens with two attached hydrogens (primary N) is 1. The van der Waals surface area contributed by atoms with Crippen molar-refractivity contribution in [2.75, 3.05) is 6.61 Å². The minimum absolute atomic E-state index is 0.150. The maximum absolute atomic E-state index is 10.7. The van der Waals surface area contributed by atoms with Gasteiger partial charge in [-0.2, -0.15) is 5.90 Å². The van der Waals surface area contributed by atoms with E-state index in [2.05, 4.69) is 21.3 Å². The van der Waals surface area contributed by atoms with Crippen molar-refractivity contribution < 1.29 is 17.2 Å². The van der Waals surface area contributed by atoms with Crippen molar-refractivity contribution in [3.8, 4) is 0 Å². The highest BCUT2D eigenvalue weighted by Gasteiger charge is 2.31. The maximum atomic E-state index is 10.7. The van der Waals surface area contributed by atoms with Crippen molar-refractivity contribution >= 4 is 10.8 Å². The van der Waals surface area contributed by atoms with E-state index in [0.29, 0.717) is 0 Å². The Morgan fingerprint density at radius 2 is 1.14 bits per heavy atom. The van der Waals surface area contributed by atoms with Crippen LogP contribution < -0.4 is 5.90 Å². The van der Waals surface area contributed by atoms with Crippen LogP contribution in [0.2, 0.25) is 0 Å². The molecule has 0 bridgehead atoms. The van der Waals surface area contributed by atoms with Crippen molar-refractivity contribution in [1.29, 1.82) is 0 Å². The minimum atomic E-state index is -3.96. The van der Waals surface area contributed by atoms with Crippen molar-refractivity contribution in [3.05, 3.63) is 0 Å². The second kappa shape index (κ2) is 14.9. The summed E-state index contributed by atoms with van der Waals surface area (Å²) in [5.41, 5.74) is 0. The summed E-state index contributed by atoms with van der Waals surface area (Å²) in [6.45, 7) is 2.40. The average molecular weight is 323 g/mol. The summed E-state index contributed by atoms with van der Waals surface area (Å²) in [4.78, 5) is 0. The molecule has 6 heteroatoms. The first kappa shape index (κ1) is 21.0. The van der Waals surface area contributed by atoms with Crippen LogP contribution in [0.3, 0.4) is 0 Å². The fourth-order valence-electron chi connectivity index (χ4n) is 2.31. The summed E-state index contributed by atoms with van der Waals surface area (Å²) in [5.74, 6) is 4.55. The largest absolute Gasteiger partial charge is 0.564 e. The molecule has 1 unspecified atom stereocenters. The third-order valence-electron chi connectivity index (χ3n) is 3.59. The molecule has 1 atom stereocenters. The molecule has 0 aromatic heterocycles. The number of hydrogen-bond acceptors (Lipinski definition) is 4. The third-order valence-corrected chi connectivity index (χ3v) is 4.28. The van der Waals surface area contributed by atoms with Gasteiger partial charge in [0.25, 0.3) is 0 Å². The Labute approximate surface area is 131 Å². The van der Waals surface area contributed by atoms with Crippen molar-refractivity contribution in [3.63, 3.8) is 0 Å². The van der Waals surface area contributed by atoms with Gasteiger partial charge in [-0.25, -0.2) is 0 Å². The van der Waals surface area contributed by atoms with E-state index in [1.807, 2.05) is 0 Å². The molecule has 5 nitrogen and oxygen atoms in total. The van der Waals surface area contributed by atoms with Crippen molar-refractivity contribution in [1.82, 2.24) is 0 Å². The molecule has 0 aliphatic heterocycles. The third kappa shape index (κ3) is 16.2. The first-order chi connectivity index (χ1) is 10.1. The normalized spacial score (nSPS) is 14.2. The zero-order chi connectivity index (χ0) is 15.8. The Balaban J connectivity index is 3.08. The van der Waals surface area contributed by atoms with Crippen LogP contribution in [0.5, 0.6) is 0 Å². The molecule has 0 amide bonds. The van der Waals surface area contributed by atoms with Gasteiger partial charge in [-0.15, -0.1) is 4.18 Å². The molecule has 1 radical (unpaired) electrons. The van der Waals surface area contributed by atoms with E-state index in [1.54, 1.807) is 0 Å². The summed E-state index contributed by atoms with van der Waals surface area (Å²) >= 11 is 0. The fourth-order valence-corrected chi connectivity index (χ4v) is 2.69. The molecule has 0 heterocycles. The van der Waals surface area contributed by atoms with Gasteiger partial charge in [-0.05, 0) is 10.7 Å². The first-order valence-corrected chi connectivity index (χ1v) is 9.73. The zero-order valence-corrected chi connectivity index (χ0v) is 14.3.